The van der Waals surface area contributed by atoms with E-state index in [1.54, 1.807) is 12.2 Å². The fourth-order valence-corrected chi connectivity index (χ4v) is 2.97. The first kappa shape index (κ1) is 15.0. The molecule has 0 aliphatic heterocycles. The lowest BCUT2D eigenvalue weighted by Gasteiger charge is -1.98. The molecule has 1 aromatic rings. The summed E-state index contributed by atoms with van der Waals surface area (Å²) in [6.07, 6.45) is 3.20. The Kier molecular flexibility index (Phi) is 5.66. The van der Waals surface area contributed by atoms with Crippen molar-refractivity contribution in [1.29, 1.82) is 0 Å². The average Bonchev–Trinajstić information content (AvgIpc) is 2.73. The lowest BCUT2D eigenvalue weighted by molar-refractivity contribution is -0.114. The largest absolute Gasteiger partial charge is 0.301 e. The maximum absolute atomic E-state index is 11.7. The number of aromatic nitrogens is 2. The lowest BCUT2D eigenvalue weighted by atomic mass is 10.5. The minimum Gasteiger partial charge on any atom is -0.301 e. The van der Waals surface area contributed by atoms with Gasteiger partial charge in [-0.25, -0.2) is 13.1 Å². The van der Waals surface area contributed by atoms with Gasteiger partial charge < -0.3 is 5.32 Å². The van der Waals surface area contributed by atoms with E-state index >= 15 is 0 Å². The third kappa shape index (κ3) is 4.69. The van der Waals surface area contributed by atoms with Gasteiger partial charge in [0.25, 0.3) is 10.0 Å². The molecule has 0 unspecified atom stereocenters. The predicted octanol–water partition coefficient (Wildman–Crippen LogP) is 0.570. The van der Waals surface area contributed by atoms with Crippen molar-refractivity contribution in [3.8, 4) is 0 Å². The monoisotopic (exact) mass is 310 g/mol. The molecule has 18 heavy (non-hydrogen) atoms. The van der Waals surface area contributed by atoms with E-state index in [0.29, 0.717) is 5.88 Å². The Labute approximate surface area is 113 Å². The minimum atomic E-state index is -3.71. The second kappa shape index (κ2) is 6.78. The Hall–Kier alpha value is -1.03. The van der Waals surface area contributed by atoms with Crippen LogP contribution in [0.3, 0.4) is 0 Å². The Morgan fingerprint density at radius 1 is 1.44 bits per heavy atom. The molecule has 2 N–H and O–H groups in total. The number of hydrogen-bond acceptors (Lipinski definition) is 6. The molecule has 0 saturated heterocycles. The molecule has 1 heterocycles. The van der Waals surface area contributed by atoms with Crippen LogP contribution in [0.1, 0.15) is 6.92 Å². The predicted molar refractivity (Wildman–Crippen MR) is 69.3 cm³/mol. The second-order valence-corrected chi connectivity index (χ2v) is 6.26. The molecule has 0 aliphatic rings. The van der Waals surface area contributed by atoms with Crippen LogP contribution in [0.25, 0.3) is 0 Å². The van der Waals surface area contributed by atoms with Crippen LogP contribution >= 0.6 is 22.9 Å². The van der Waals surface area contributed by atoms with Crippen LogP contribution < -0.4 is 10.0 Å². The van der Waals surface area contributed by atoms with Gasteiger partial charge in [-0.1, -0.05) is 23.5 Å². The summed E-state index contributed by atoms with van der Waals surface area (Å²) in [6.45, 7) is 1.41. The number of sulfonamides is 1. The summed E-state index contributed by atoms with van der Waals surface area (Å²) in [6, 6.07) is 0. The summed E-state index contributed by atoms with van der Waals surface area (Å²) in [5.74, 6) is -0.0270. The van der Waals surface area contributed by atoms with E-state index < -0.39 is 10.0 Å². The molecule has 0 saturated carbocycles. The zero-order chi connectivity index (χ0) is 13.6. The van der Waals surface area contributed by atoms with Gasteiger partial charge in [0.05, 0.1) is 0 Å². The van der Waals surface area contributed by atoms with Gasteiger partial charge in [-0.2, -0.15) is 0 Å². The molecule has 1 aromatic heterocycles. The molecule has 0 aromatic carbocycles. The highest BCUT2D eigenvalue weighted by Gasteiger charge is 2.19. The van der Waals surface area contributed by atoms with Gasteiger partial charge in [0, 0.05) is 19.3 Å². The van der Waals surface area contributed by atoms with Gasteiger partial charge in [0.2, 0.25) is 15.4 Å². The zero-order valence-corrected chi connectivity index (χ0v) is 11.8. The molecule has 0 aliphatic carbocycles. The Bertz CT molecular complexity index is 540. The van der Waals surface area contributed by atoms with Crippen molar-refractivity contribution < 1.29 is 13.2 Å². The summed E-state index contributed by atoms with van der Waals surface area (Å²) in [4.78, 5) is 10.8. The number of rotatable bonds is 6. The van der Waals surface area contributed by atoms with Gasteiger partial charge in [0.1, 0.15) is 0 Å². The third-order valence-corrected chi connectivity index (χ3v) is 4.37. The number of amides is 1. The molecule has 0 radical (unpaired) electrons. The van der Waals surface area contributed by atoms with Crippen molar-refractivity contribution in [2.75, 3.05) is 17.7 Å². The number of nitrogens with zero attached hydrogens (tertiary/aromatic N) is 2. The molecule has 1 amide bonds. The summed E-state index contributed by atoms with van der Waals surface area (Å²) in [7, 11) is -3.71. The van der Waals surface area contributed by atoms with E-state index in [1.165, 1.54) is 6.92 Å². The number of halogens is 1. The Balaban J connectivity index is 2.70. The van der Waals surface area contributed by atoms with Gasteiger partial charge >= 0.3 is 0 Å². The summed E-state index contributed by atoms with van der Waals surface area (Å²) in [5.41, 5.74) is 0. The quantitative estimate of drug-likeness (QED) is 0.454. The maximum Gasteiger partial charge on any atom is 0.270 e. The number of carbonyl (C=O) groups is 1. The number of alkyl halides is 1. The van der Waals surface area contributed by atoms with E-state index in [0.717, 1.165) is 11.3 Å². The molecule has 0 atom stereocenters. The van der Waals surface area contributed by atoms with E-state index in [4.69, 9.17) is 11.6 Å². The number of hydrogen-bond donors (Lipinski definition) is 2. The Morgan fingerprint density at radius 2 is 2.17 bits per heavy atom. The van der Waals surface area contributed by atoms with Crippen molar-refractivity contribution >= 4 is 44.0 Å². The SMILES string of the molecule is CC(=O)Nc1nnc(S(=O)(=O)NC/C=C/CCl)s1. The van der Waals surface area contributed by atoms with Crippen LogP contribution in [-0.2, 0) is 14.8 Å². The third-order valence-electron chi connectivity index (χ3n) is 1.57. The first-order valence-corrected chi connectivity index (χ1v) is 7.61. The zero-order valence-electron chi connectivity index (χ0n) is 9.38. The van der Waals surface area contributed by atoms with Crippen molar-refractivity contribution in [3.63, 3.8) is 0 Å². The van der Waals surface area contributed by atoms with Crippen LogP contribution in [0.15, 0.2) is 16.5 Å². The topological polar surface area (TPSA) is 101 Å². The molecule has 7 nitrogen and oxygen atoms in total. The first-order valence-electron chi connectivity index (χ1n) is 4.77. The minimum absolute atomic E-state index is 0.115. The number of carbonyl (C=O) groups excluding carboxylic acids is 1. The molecule has 1 rings (SSSR count). The fraction of sp³-hybridized carbons (Fsp3) is 0.375. The van der Waals surface area contributed by atoms with Gasteiger partial charge in [-0.05, 0) is 0 Å². The van der Waals surface area contributed by atoms with E-state index in [-0.39, 0.29) is 21.9 Å². The normalized spacial score (nSPS) is 11.9. The highest BCUT2D eigenvalue weighted by Crippen LogP contribution is 2.19. The molecule has 100 valence electrons. The number of anilines is 1. The van der Waals surface area contributed by atoms with Crippen molar-refractivity contribution in [1.82, 2.24) is 14.9 Å². The van der Waals surface area contributed by atoms with Crippen LogP contribution in [0.4, 0.5) is 5.13 Å². The average molecular weight is 311 g/mol. The highest BCUT2D eigenvalue weighted by atomic mass is 35.5. The number of allylic oxidation sites excluding steroid dienone is 1. The first-order chi connectivity index (χ1) is 8.45. The number of nitrogens with one attached hydrogen (secondary N) is 2. The fourth-order valence-electron chi connectivity index (χ4n) is 0.885. The van der Waals surface area contributed by atoms with E-state index in [1.807, 2.05) is 0 Å². The van der Waals surface area contributed by atoms with Crippen LogP contribution in [-0.4, -0.2) is 36.9 Å². The summed E-state index contributed by atoms with van der Waals surface area (Å²) < 4.78 is 25.5. The maximum atomic E-state index is 11.7. The molecular weight excluding hydrogens is 300 g/mol. The summed E-state index contributed by atoms with van der Waals surface area (Å²) >= 11 is 6.17. The molecule has 0 spiro atoms. The van der Waals surface area contributed by atoms with Gasteiger partial charge in [0.15, 0.2) is 0 Å². The molecule has 0 bridgehead atoms. The van der Waals surface area contributed by atoms with Crippen LogP contribution in [0.5, 0.6) is 0 Å². The van der Waals surface area contributed by atoms with E-state index in [2.05, 4.69) is 20.2 Å². The standard InChI is InChI=1S/C8H11ClN4O3S2/c1-6(14)11-7-12-13-8(17-7)18(15,16)10-5-3-2-4-9/h2-3,10H,4-5H2,1H3,(H,11,12,14)/b3-2+. The lowest BCUT2D eigenvalue weighted by Crippen LogP contribution is -2.23. The van der Waals surface area contributed by atoms with Crippen LogP contribution in [0.2, 0.25) is 0 Å². The summed E-state index contributed by atoms with van der Waals surface area (Å²) in [5, 5.41) is 9.53. The smallest absolute Gasteiger partial charge is 0.270 e. The van der Waals surface area contributed by atoms with Crippen molar-refractivity contribution in [2.45, 2.75) is 11.3 Å². The van der Waals surface area contributed by atoms with Crippen LogP contribution in [0, 0.1) is 0 Å². The second-order valence-electron chi connectivity index (χ2n) is 3.03. The molecular formula is C8H11ClN4O3S2. The van der Waals surface area contributed by atoms with E-state index in [9.17, 15) is 13.2 Å². The molecule has 0 fully saturated rings. The highest BCUT2D eigenvalue weighted by molar-refractivity contribution is 7.91. The van der Waals surface area contributed by atoms with Crippen molar-refractivity contribution in [2.24, 2.45) is 0 Å². The van der Waals surface area contributed by atoms with Gasteiger partial charge in [-0.3, -0.25) is 4.79 Å². The molecule has 10 heteroatoms. The van der Waals surface area contributed by atoms with Crippen molar-refractivity contribution in [3.05, 3.63) is 12.2 Å². The van der Waals surface area contributed by atoms with Gasteiger partial charge in [-0.15, -0.1) is 21.8 Å². The Morgan fingerprint density at radius 3 is 2.78 bits per heavy atom.